The molecule has 1 amide bonds. The zero-order chi connectivity index (χ0) is 21.1. The number of carbonyl (C=O) groups excluding carboxylic acids is 1. The number of rotatable bonds is 6. The fourth-order valence-corrected chi connectivity index (χ4v) is 4.58. The molecular weight excluding hydrogens is 392 g/mol. The van der Waals surface area contributed by atoms with Crippen LogP contribution in [0.15, 0.2) is 65.7 Å². The lowest BCUT2D eigenvalue weighted by Crippen LogP contribution is -2.27. The highest BCUT2D eigenvalue weighted by atomic mass is 32.2. The number of hydrogen-bond acceptors (Lipinski definition) is 4. The number of aryl methyl sites for hydroxylation is 1. The molecule has 2 aromatic heterocycles. The van der Waals surface area contributed by atoms with E-state index in [-0.39, 0.29) is 5.91 Å². The molecule has 0 N–H and O–H groups in total. The van der Waals surface area contributed by atoms with E-state index < -0.39 is 0 Å². The van der Waals surface area contributed by atoms with E-state index in [4.69, 9.17) is 4.98 Å². The molecule has 0 aliphatic carbocycles. The summed E-state index contributed by atoms with van der Waals surface area (Å²) in [5.41, 5.74) is 5.10. The molecule has 2 heterocycles. The highest BCUT2D eigenvalue weighted by Crippen LogP contribution is 2.30. The van der Waals surface area contributed by atoms with Crippen molar-refractivity contribution in [1.29, 1.82) is 5.26 Å². The second-order valence-electron chi connectivity index (χ2n) is 7.13. The van der Waals surface area contributed by atoms with E-state index in [9.17, 15) is 10.1 Å². The van der Waals surface area contributed by atoms with E-state index in [0.717, 1.165) is 33.6 Å². The van der Waals surface area contributed by atoms with Crippen LogP contribution in [0, 0.1) is 11.3 Å². The van der Waals surface area contributed by atoms with E-state index in [0.29, 0.717) is 23.5 Å². The Bertz CT molecular complexity index is 1260. The highest BCUT2D eigenvalue weighted by molar-refractivity contribution is 7.99. The van der Waals surface area contributed by atoms with Gasteiger partial charge < -0.3 is 4.90 Å². The Morgan fingerprint density at radius 1 is 1.17 bits per heavy atom. The molecule has 0 fully saturated rings. The smallest absolute Gasteiger partial charge is 0.233 e. The maximum Gasteiger partial charge on any atom is 0.233 e. The minimum absolute atomic E-state index is 0.0591. The molecule has 150 valence electrons. The van der Waals surface area contributed by atoms with Crippen LogP contribution >= 0.6 is 11.8 Å². The van der Waals surface area contributed by atoms with Gasteiger partial charge in [0.15, 0.2) is 5.65 Å². The van der Waals surface area contributed by atoms with Crippen LogP contribution in [0.3, 0.4) is 0 Å². The highest BCUT2D eigenvalue weighted by Gasteiger charge is 2.18. The van der Waals surface area contributed by atoms with Gasteiger partial charge in [-0.05, 0) is 35.7 Å². The Labute approximate surface area is 179 Å². The molecule has 0 saturated carbocycles. The molecule has 2 aromatic carbocycles. The third-order valence-electron chi connectivity index (χ3n) is 5.15. The molecule has 0 saturated heterocycles. The van der Waals surface area contributed by atoms with Gasteiger partial charge in [0.2, 0.25) is 5.91 Å². The number of thioether (sulfide) groups is 1. The summed E-state index contributed by atoms with van der Waals surface area (Å²) in [7, 11) is 1.83. The van der Waals surface area contributed by atoms with Gasteiger partial charge in [0.25, 0.3) is 0 Å². The lowest BCUT2D eigenvalue weighted by atomic mass is 10.1. The van der Waals surface area contributed by atoms with Crippen molar-refractivity contribution in [2.24, 2.45) is 0 Å². The summed E-state index contributed by atoms with van der Waals surface area (Å²) in [6.45, 7) is 2.61. The van der Waals surface area contributed by atoms with Gasteiger partial charge in [0.05, 0.1) is 27.4 Å². The summed E-state index contributed by atoms with van der Waals surface area (Å²) in [5, 5.41) is 10.7. The number of benzene rings is 2. The first-order valence-corrected chi connectivity index (χ1v) is 10.8. The quantitative estimate of drug-likeness (QED) is 0.430. The number of nitrogens with zero attached hydrogens (tertiary/aromatic N) is 4. The molecule has 0 atom stereocenters. The van der Waals surface area contributed by atoms with Crippen molar-refractivity contribution in [1.82, 2.24) is 14.3 Å². The standard InChI is InChI=1S/C24H22N4OS/c1-3-18-13-23(30-16-22(29)27(2)15-17-9-5-4-6-10-17)28-21-12-8-7-11-20(21)26-24(28)19(18)14-25/h4-13H,3,15-16H2,1-2H3. The van der Waals surface area contributed by atoms with Gasteiger partial charge in [0.1, 0.15) is 6.07 Å². The molecule has 0 aliphatic heterocycles. The van der Waals surface area contributed by atoms with Gasteiger partial charge in [-0.15, -0.1) is 0 Å². The Morgan fingerprint density at radius 3 is 2.63 bits per heavy atom. The number of amides is 1. The zero-order valence-corrected chi connectivity index (χ0v) is 17.8. The van der Waals surface area contributed by atoms with Crippen molar-refractivity contribution in [3.8, 4) is 6.07 Å². The van der Waals surface area contributed by atoms with Crippen molar-refractivity contribution >= 4 is 34.3 Å². The van der Waals surface area contributed by atoms with Crippen LogP contribution in [-0.2, 0) is 17.8 Å². The number of para-hydroxylation sites is 2. The second-order valence-corrected chi connectivity index (χ2v) is 8.13. The minimum Gasteiger partial charge on any atom is -0.341 e. The van der Waals surface area contributed by atoms with Crippen molar-refractivity contribution in [2.75, 3.05) is 12.8 Å². The first-order chi connectivity index (χ1) is 14.6. The predicted molar refractivity (Wildman–Crippen MR) is 120 cm³/mol. The van der Waals surface area contributed by atoms with Crippen LogP contribution in [0.25, 0.3) is 16.7 Å². The monoisotopic (exact) mass is 414 g/mol. The summed E-state index contributed by atoms with van der Waals surface area (Å²) in [6.07, 6.45) is 0.734. The van der Waals surface area contributed by atoms with Crippen LogP contribution in [0.1, 0.15) is 23.6 Å². The van der Waals surface area contributed by atoms with E-state index in [2.05, 4.69) is 6.07 Å². The Kier molecular flexibility index (Phi) is 5.73. The van der Waals surface area contributed by atoms with Gasteiger partial charge in [-0.3, -0.25) is 9.20 Å². The molecule has 5 nitrogen and oxygen atoms in total. The van der Waals surface area contributed by atoms with Gasteiger partial charge in [0, 0.05) is 13.6 Å². The normalized spacial score (nSPS) is 11.0. The van der Waals surface area contributed by atoms with Crippen molar-refractivity contribution in [2.45, 2.75) is 24.9 Å². The summed E-state index contributed by atoms with van der Waals surface area (Å²) in [5.74, 6) is 0.379. The largest absolute Gasteiger partial charge is 0.341 e. The predicted octanol–water partition coefficient (Wildman–Crippen LogP) is 4.67. The van der Waals surface area contributed by atoms with Crippen LogP contribution < -0.4 is 0 Å². The molecular formula is C24H22N4OS. The number of imidazole rings is 1. The lowest BCUT2D eigenvalue weighted by Gasteiger charge is -2.17. The van der Waals surface area contributed by atoms with Gasteiger partial charge in [-0.25, -0.2) is 4.98 Å². The summed E-state index contributed by atoms with van der Waals surface area (Å²) >= 11 is 1.49. The lowest BCUT2D eigenvalue weighted by molar-refractivity contribution is -0.127. The Morgan fingerprint density at radius 2 is 1.90 bits per heavy atom. The van der Waals surface area contributed by atoms with E-state index in [1.165, 1.54) is 11.8 Å². The first kappa shape index (κ1) is 20.0. The fraction of sp³-hybridized carbons (Fsp3) is 0.208. The van der Waals surface area contributed by atoms with Crippen LogP contribution in [0.4, 0.5) is 0 Å². The maximum absolute atomic E-state index is 12.8. The van der Waals surface area contributed by atoms with E-state index in [1.807, 2.05) is 79.0 Å². The average Bonchev–Trinajstić information content (AvgIpc) is 3.17. The molecule has 0 radical (unpaired) electrons. The average molecular weight is 415 g/mol. The number of hydrogen-bond donors (Lipinski definition) is 0. The third kappa shape index (κ3) is 3.77. The number of pyridine rings is 1. The van der Waals surface area contributed by atoms with E-state index >= 15 is 0 Å². The minimum atomic E-state index is 0.0591. The fourth-order valence-electron chi connectivity index (χ4n) is 3.54. The third-order valence-corrected chi connectivity index (χ3v) is 6.14. The Hall–Kier alpha value is -3.30. The second kappa shape index (κ2) is 8.60. The summed E-state index contributed by atoms with van der Waals surface area (Å²) in [6, 6.07) is 22.2. The molecule has 30 heavy (non-hydrogen) atoms. The molecule has 0 aliphatic rings. The van der Waals surface area contributed by atoms with Crippen molar-refractivity contribution < 1.29 is 4.79 Å². The van der Waals surface area contributed by atoms with Crippen molar-refractivity contribution in [3.05, 3.63) is 77.4 Å². The molecule has 0 bridgehead atoms. The van der Waals surface area contributed by atoms with Gasteiger partial charge in [-0.1, -0.05) is 61.2 Å². The zero-order valence-electron chi connectivity index (χ0n) is 17.0. The topological polar surface area (TPSA) is 61.4 Å². The molecule has 4 aromatic rings. The van der Waals surface area contributed by atoms with Crippen LogP contribution in [0.2, 0.25) is 0 Å². The van der Waals surface area contributed by atoms with Gasteiger partial charge >= 0.3 is 0 Å². The molecule has 0 unspecified atom stereocenters. The van der Waals surface area contributed by atoms with Gasteiger partial charge in [-0.2, -0.15) is 5.26 Å². The number of fused-ring (bicyclic) bond motifs is 3. The molecule has 4 rings (SSSR count). The van der Waals surface area contributed by atoms with Crippen molar-refractivity contribution in [3.63, 3.8) is 0 Å². The summed E-state index contributed by atoms with van der Waals surface area (Å²) in [4.78, 5) is 19.2. The van der Waals surface area contributed by atoms with Crippen LogP contribution in [0.5, 0.6) is 0 Å². The summed E-state index contributed by atoms with van der Waals surface area (Å²) < 4.78 is 2.00. The number of nitriles is 1. The number of aromatic nitrogens is 2. The number of carbonyl (C=O) groups is 1. The SMILES string of the molecule is CCc1cc(SCC(=O)N(C)Cc2ccccc2)n2c(nc3ccccc32)c1C#N. The van der Waals surface area contributed by atoms with Crippen LogP contribution in [-0.4, -0.2) is 33.0 Å². The molecule has 0 spiro atoms. The van der Waals surface area contributed by atoms with E-state index in [1.54, 1.807) is 4.90 Å². The Balaban J connectivity index is 1.65. The molecule has 6 heteroatoms. The first-order valence-electron chi connectivity index (χ1n) is 9.86. The maximum atomic E-state index is 12.8.